The molecular formula is C11H20N4O2. The minimum absolute atomic E-state index is 0.156. The molecule has 2 amide bonds. The molecule has 0 aromatic rings. The molecule has 96 valence electrons. The second-order valence-corrected chi connectivity index (χ2v) is 4.78. The van der Waals surface area contributed by atoms with Crippen LogP contribution in [0.5, 0.6) is 0 Å². The van der Waals surface area contributed by atoms with Crippen LogP contribution in [0.4, 0.5) is 4.79 Å². The maximum atomic E-state index is 11.9. The fourth-order valence-electron chi connectivity index (χ4n) is 2.63. The molecule has 0 atom stereocenters. The Kier molecular flexibility index (Phi) is 3.35. The summed E-state index contributed by atoms with van der Waals surface area (Å²) >= 11 is 0. The van der Waals surface area contributed by atoms with Gasteiger partial charge in [0, 0.05) is 26.7 Å². The summed E-state index contributed by atoms with van der Waals surface area (Å²) in [6, 6.07) is -0.156. The summed E-state index contributed by atoms with van der Waals surface area (Å²) in [5, 5.41) is 10.7. The molecule has 2 aliphatic heterocycles. The van der Waals surface area contributed by atoms with Crippen LogP contribution in [0.2, 0.25) is 0 Å². The van der Waals surface area contributed by atoms with Crippen molar-refractivity contribution in [1.29, 1.82) is 5.41 Å². The first-order chi connectivity index (χ1) is 8.10. The number of nitrogens with zero attached hydrogens (tertiary/aromatic N) is 2. The number of ether oxygens (including phenoxy) is 1. The van der Waals surface area contributed by atoms with Crippen LogP contribution in [-0.4, -0.2) is 67.6 Å². The molecule has 2 fully saturated rings. The first kappa shape index (κ1) is 12.3. The number of methoxy groups -OCH3 is 1. The topological polar surface area (TPSA) is 68.7 Å². The molecule has 17 heavy (non-hydrogen) atoms. The van der Waals surface area contributed by atoms with Crippen molar-refractivity contribution in [2.45, 2.75) is 18.4 Å². The van der Waals surface area contributed by atoms with E-state index in [0.29, 0.717) is 19.0 Å². The van der Waals surface area contributed by atoms with Gasteiger partial charge in [-0.3, -0.25) is 10.7 Å². The van der Waals surface area contributed by atoms with E-state index in [1.807, 2.05) is 0 Å². The average molecular weight is 240 g/mol. The molecule has 0 saturated carbocycles. The van der Waals surface area contributed by atoms with Gasteiger partial charge in [-0.25, -0.2) is 4.79 Å². The van der Waals surface area contributed by atoms with Gasteiger partial charge in [-0.15, -0.1) is 0 Å². The molecule has 1 spiro atoms. The number of rotatable bonds is 3. The van der Waals surface area contributed by atoms with Crippen LogP contribution in [0.3, 0.4) is 0 Å². The largest absolute Gasteiger partial charge is 0.383 e. The predicted molar refractivity (Wildman–Crippen MR) is 64.3 cm³/mol. The highest BCUT2D eigenvalue weighted by Crippen LogP contribution is 2.32. The molecule has 0 unspecified atom stereocenters. The van der Waals surface area contributed by atoms with Gasteiger partial charge in [-0.2, -0.15) is 0 Å². The monoisotopic (exact) mass is 240 g/mol. The van der Waals surface area contributed by atoms with Crippen molar-refractivity contribution in [1.82, 2.24) is 15.1 Å². The van der Waals surface area contributed by atoms with Gasteiger partial charge in [0.2, 0.25) is 0 Å². The first-order valence-corrected chi connectivity index (χ1v) is 5.95. The summed E-state index contributed by atoms with van der Waals surface area (Å²) in [6.45, 7) is 2.90. The second kappa shape index (κ2) is 4.62. The zero-order valence-electron chi connectivity index (χ0n) is 10.5. The van der Waals surface area contributed by atoms with Crippen molar-refractivity contribution < 1.29 is 9.53 Å². The Hall–Kier alpha value is -1.14. The molecule has 2 rings (SSSR count). The third-order valence-corrected chi connectivity index (χ3v) is 3.79. The third-order valence-electron chi connectivity index (χ3n) is 3.79. The van der Waals surface area contributed by atoms with Gasteiger partial charge >= 0.3 is 6.03 Å². The summed E-state index contributed by atoms with van der Waals surface area (Å²) in [6.07, 6.45) is 1.65. The Labute approximate surface area is 101 Å². The summed E-state index contributed by atoms with van der Waals surface area (Å²) in [5.74, 6) is 0.353. The van der Waals surface area contributed by atoms with Gasteiger partial charge < -0.3 is 14.5 Å². The fourth-order valence-corrected chi connectivity index (χ4v) is 2.63. The molecule has 6 heteroatoms. The van der Waals surface area contributed by atoms with E-state index in [0.717, 1.165) is 25.9 Å². The number of likely N-dealkylation sites (tertiary alicyclic amines) is 1. The number of urea groups is 1. The van der Waals surface area contributed by atoms with E-state index < -0.39 is 5.54 Å². The van der Waals surface area contributed by atoms with Crippen molar-refractivity contribution in [2.24, 2.45) is 0 Å². The van der Waals surface area contributed by atoms with Crippen LogP contribution in [0.15, 0.2) is 0 Å². The Bertz CT molecular complexity index is 323. The highest BCUT2D eigenvalue weighted by atomic mass is 16.5. The zero-order valence-corrected chi connectivity index (χ0v) is 10.5. The van der Waals surface area contributed by atoms with Crippen LogP contribution >= 0.6 is 0 Å². The Balaban J connectivity index is 2.16. The number of amides is 2. The van der Waals surface area contributed by atoms with E-state index in [1.54, 1.807) is 12.0 Å². The molecule has 2 N–H and O–H groups in total. The van der Waals surface area contributed by atoms with Crippen molar-refractivity contribution >= 4 is 11.9 Å². The lowest BCUT2D eigenvalue weighted by molar-refractivity contribution is 0.0884. The molecule has 0 aromatic carbocycles. The molecular weight excluding hydrogens is 220 g/mol. The molecule has 2 saturated heterocycles. The number of carbonyl (C=O) groups excluding carboxylic acids is 1. The average Bonchev–Trinajstić information content (AvgIpc) is 2.53. The van der Waals surface area contributed by atoms with Crippen molar-refractivity contribution in [3.63, 3.8) is 0 Å². The maximum Gasteiger partial charge on any atom is 0.323 e. The highest BCUT2D eigenvalue weighted by Gasteiger charge is 2.50. The van der Waals surface area contributed by atoms with Crippen LogP contribution in [0, 0.1) is 5.41 Å². The number of nitrogens with one attached hydrogen (secondary N) is 2. The SMILES string of the molecule is COCCN1C(=O)NC(=N)C12CCN(C)CC2. The smallest absolute Gasteiger partial charge is 0.323 e. The number of amidine groups is 1. The van der Waals surface area contributed by atoms with E-state index in [4.69, 9.17) is 10.1 Å². The summed E-state index contributed by atoms with van der Waals surface area (Å²) in [4.78, 5) is 15.9. The first-order valence-electron chi connectivity index (χ1n) is 5.95. The van der Waals surface area contributed by atoms with Crippen LogP contribution in [-0.2, 0) is 4.74 Å². The minimum atomic E-state index is -0.415. The molecule has 0 aliphatic carbocycles. The minimum Gasteiger partial charge on any atom is -0.383 e. The van der Waals surface area contributed by atoms with Gasteiger partial charge in [-0.05, 0) is 19.9 Å². The van der Waals surface area contributed by atoms with Gasteiger partial charge in [0.15, 0.2) is 0 Å². The fraction of sp³-hybridized carbons (Fsp3) is 0.818. The van der Waals surface area contributed by atoms with E-state index in [1.165, 1.54) is 0 Å². The quantitative estimate of drug-likeness (QED) is 0.735. The number of hydrogen-bond donors (Lipinski definition) is 2. The van der Waals surface area contributed by atoms with Crippen LogP contribution in [0.1, 0.15) is 12.8 Å². The molecule has 6 nitrogen and oxygen atoms in total. The molecule has 0 bridgehead atoms. The predicted octanol–water partition coefficient (Wildman–Crippen LogP) is 0.0997. The normalized spacial score (nSPS) is 24.5. The van der Waals surface area contributed by atoms with Crippen LogP contribution < -0.4 is 5.32 Å². The van der Waals surface area contributed by atoms with Gasteiger partial charge in [0.05, 0.1) is 6.61 Å². The summed E-state index contributed by atoms with van der Waals surface area (Å²) < 4.78 is 5.04. The summed E-state index contributed by atoms with van der Waals surface area (Å²) in [7, 11) is 3.70. The van der Waals surface area contributed by atoms with Gasteiger partial charge in [0.1, 0.15) is 11.4 Å². The maximum absolute atomic E-state index is 11.9. The lowest BCUT2D eigenvalue weighted by Crippen LogP contribution is -2.56. The molecule has 2 aliphatic rings. The summed E-state index contributed by atoms with van der Waals surface area (Å²) in [5.41, 5.74) is -0.415. The number of carbonyl (C=O) groups is 1. The Morgan fingerprint density at radius 2 is 2.12 bits per heavy atom. The molecule has 0 aromatic heterocycles. The Morgan fingerprint density at radius 3 is 2.71 bits per heavy atom. The van der Waals surface area contributed by atoms with E-state index >= 15 is 0 Å². The Morgan fingerprint density at radius 1 is 1.47 bits per heavy atom. The van der Waals surface area contributed by atoms with Gasteiger partial charge in [0.25, 0.3) is 0 Å². The van der Waals surface area contributed by atoms with Gasteiger partial charge in [-0.1, -0.05) is 0 Å². The zero-order chi connectivity index (χ0) is 12.5. The molecule has 2 heterocycles. The number of hydrogen-bond acceptors (Lipinski definition) is 4. The second-order valence-electron chi connectivity index (χ2n) is 4.78. The molecule has 0 radical (unpaired) electrons. The lowest BCUT2D eigenvalue weighted by atomic mass is 9.86. The van der Waals surface area contributed by atoms with E-state index in [-0.39, 0.29) is 6.03 Å². The van der Waals surface area contributed by atoms with Crippen molar-refractivity contribution in [2.75, 3.05) is 40.4 Å². The third kappa shape index (κ3) is 2.02. The van der Waals surface area contributed by atoms with Crippen LogP contribution in [0.25, 0.3) is 0 Å². The highest BCUT2D eigenvalue weighted by molar-refractivity contribution is 6.08. The van der Waals surface area contributed by atoms with E-state index in [2.05, 4.69) is 17.3 Å². The van der Waals surface area contributed by atoms with Crippen molar-refractivity contribution in [3.8, 4) is 0 Å². The van der Waals surface area contributed by atoms with Crippen molar-refractivity contribution in [3.05, 3.63) is 0 Å². The standard InChI is InChI=1S/C11H20N4O2/c1-14-5-3-11(4-6-14)9(12)13-10(16)15(11)7-8-17-2/h3-8H2,1-2H3,(H2,12,13,16). The lowest BCUT2D eigenvalue weighted by Gasteiger charge is -2.42. The van der Waals surface area contributed by atoms with E-state index in [9.17, 15) is 4.79 Å². The number of piperidine rings is 1.